The van der Waals surface area contributed by atoms with Gasteiger partial charge in [-0.15, -0.1) is 11.3 Å². The molecule has 1 N–H and O–H groups in total. The number of benzene rings is 2. The van der Waals surface area contributed by atoms with Gasteiger partial charge in [-0.05, 0) is 30.3 Å². The van der Waals surface area contributed by atoms with Crippen molar-refractivity contribution >= 4 is 55.0 Å². The van der Waals surface area contributed by atoms with E-state index in [0.717, 1.165) is 22.7 Å². The highest BCUT2D eigenvalue weighted by molar-refractivity contribution is 7.25. The third-order valence-corrected chi connectivity index (χ3v) is 6.29. The maximum absolute atomic E-state index is 13.2. The lowest BCUT2D eigenvalue weighted by Gasteiger charge is -2.08. The van der Waals surface area contributed by atoms with Crippen molar-refractivity contribution in [1.82, 2.24) is 14.5 Å². The Bertz CT molecular complexity index is 1550. The first-order valence-electron chi connectivity index (χ1n) is 9.58. The molecule has 0 unspecified atom stereocenters. The third kappa shape index (κ3) is 3.74. The largest absolute Gasteiger partial charge is 0.323 e. The third-order valence-electron chi connectivity index (χ3n) is 4.90. The number of carbonyl (C=O) groups excluding carboxylic acids is 1. The number of fused-ring (bicyclic) bond motifs is 3. The lowest BCUT2D eigenvalue weighted by molar-refractivity contribution is -0.116. The van der Waals surface area contributed by atoms with Crippen molar-refractivity contribution in [2.24, 2.45) is 0 Å². The average molecular weight is 465 g/mol. The summed E-state index contributed by atoms with van der Waals surface area (Å²) in [5.74, 6) is -0.986. The van der Waals surface area contributed by atoms with Gasteiger partial charge in [0.25, 0.3) is 5.56 Å². The Labute approximate surface area is 189 Å². The molecule has 0 aliphatic carbocycles. The van der Waals surface area contributed by atoms with Crippen LogP contribution >= 0.6 is 22.9 Å². The summed E-state index contributed by atoms with van der Waals surface area (Å²) in [5, 5.41) is 3.44. The minimum Gasteiger partial charge on any atom is -0.323 e. The minimum atomic E-state index is -0.507. The number of hydrogen-bond acceptors (Lipinski definition) is 5. The highest BCUT2D eigenvalue weighted by Gasteiger charge is 2.15. The Balaban J connectivity index is 1.47. The van der Waals surface area contributed by atoms with Crippen molar-refractivity contribution in [3.63, 3.8) is 0 Å². The summed E-state index contributed by atoms with van der Waals surface area (Å²) < 4.78 is 14.8. The number of carbonyl (C=O) groups is 1. The second-order valence-electron chi connectivity index (χ2n) is 7.04. The van der Waals surface area contributed by atoms with Crippen molar-refractivity contribution in [2.45, 2.75) is 6.54 Å². The first kappa shape index (κ1) is 20.3. The molecule has 5 aromatic rings. The van der Waals surface area contributed by atoms with Crippen molar-refractivity contribution in [1.29, 1.82) is 0 Å². The van der Waals surface area contributed by atoms with Gasteiger partial charge in [-0.2, -0.15) is 0 Å². The molecule has 0 aliphatic heterocycles. The van der Waals surface area contributed by atoms with E-state index >= 15 is 0 Å². The summed E-state index contributed by atoms with van der Waals surface area (Å²) >= 11 is 7.19. The number of rotatable bonds is 4. The monoisotopic (exact) mass is 464 g/mol. The van der Waals surface area contributed by atoms with E-state index in [1.165, 1.54) is 34.4 Å². The summed E-state index contributed by atoms with van der Waals surface area (Å²) in [5.41, 5.74) is 2.27. The molecule has 3 aromatic heterocycles. The summed E-state index contributed by atoms with van der Waals surface area (Å²) in [6.45, 7) is -0.258. The predicted octanol–water partition coefficient (Wildman–Crippen LogP) is 5.10. The molecule has 0 atom stereocenters. The number of thiophene rings is 1. The van der Waals surface area contributed by atoms with Gasteiger partial charge >= 0.3 is 0 Å². The minimum absolute atomic E-state index is 0.0732. The van der Waals surface area contributed by atoms with Gasteiger partial charge in [0.15, 0.2) is 0 Å². The van der Waals surface area contributed by atoms with E-state index in [9.17, 15) is 14.0 Å². The van der Waals surface area contributed by atoms with Crippen LogP contribution in [0.2, 0.25) is 5.02 Å². The molecule has 0 radical (unpaired) electrons. The molecule has 0 fully saturated rings. The molecule has 32 heavy (non-hydrogen) atoms. The first-order valence-corrected chi connectivity index (χ1v) is 10.8. The van der Waals surface area contributed by atoms with E-state index < -0.39 is 11.7 Å². The van der Waals surface area contributed by atoms with Crippen LogP contribution in [0.1, 0.15) is 0 Å². The zero-order chi connectivity index (χ0) is 22.2. The lowest BCUT2D eigenvalue weighted by Crippen LogP contribution is -2.27. The fraction of sp³-hybridized carbons (Fsp3) is 0.0435. The molecule has 2 aromatic carbocycles. The van der Waals surface area contributed by atoms with Crippen LogP contribution in [0.5, 0.6) is 0 Å². The van der Waals surface area contributed by atoms with E-state index in [2.05, 4.69) is 10.3 Å². The fourth-order valence-electron chi connectivity index (χ4n) is 3.37. The molecular weight excluding hydrogens is 451 g/mol. The average Bonchev–Trinajstić information content (AvgIpc) is 3.17. The molecule has 5 rings (SSSR count). The van der Waals surface area contributed by atoms with Gasteiger partial charge in [0.05, 0.1) is 28.2 Å². The van der Waals surface area contributed by atoms with Crippen molar-refractivity contribution in [3.8, 4) is 11.3 Å². The topological polar surface area (TPSA) is 76.9 Å². The number of aromatic nitrogens is 3. The van der Waals surface area contributed by atoms with Crippen LogP contribution in [-0.4, -0.2) is 20.4 Å². The van der Waals surface area contributed by atoms with Gasteiger partial charge < -0.3 is 5.32 Å². The predicted molar refractivity (Wildman–Crippen MR) is 125 cm³/mol. The number of halogens is 2. The van der Waals surface area contributed by atoms with Crippen LogP contribution in [-0.2, 0) is 11.3 Å². The molecule has 0 bridgehead atoms. The van der Waals surface area contributed by atoms with Gasteiger partial charge in [-0.1, -0.05) is 41.9 Å². The van der Waals surface area contributed by atoms with Gasteiger partial charge in [-0.3, -0.25) is 14.2 Å². The molecule has 0 saturated carbocycles. The smallest absolute Gasteiger partial charge is 0.271 e. The molecular formula is C23H14ClFN4O2S. The van der Waals surface area contributed by atoms with Crippen LogP contribution in [0.3, 0.4) is 0 Å². The normalized spacial score (nSPS) is 11.2. The zero-order valence-electron chi connectivity index (χ0n) is 16.4. The van der Waals surface area contributed by atoms with Crippen LogP contribution in [0.25, 0.3) is 31.7 Å². The van der Waals surface area contributed by atoms with Crippen molar-refractivity contribution in [2.75, 3.05) is 5.32 Å². The Morgan fingerprint density at radius 3 is 2.72 bits per heavy atom. The maximum Gasteiger partial charge on any atom is 0.271 e. The molecule has 9 heteroatoms. The summed E-state index contributed by atoms with van der Waals surface area (Å²) in [6, 6.07) is 17.2. The Morgan fingerprint density at radius 2 is 1.94 bits per heavy atom. The van der Waals surface area contributed by atoms with Crippen molar-refractivity contribution in [3.05, 3.63) is 88.2 Å². The molecule has 158 valence electrons. The molecule has 0 spiro atoms. The van der Waals surface area contributed by atoms with Crippen LogP contribution in [0.4, 0.5) is 10.1 Å². The summed E-state index contributed by atoms with van der Waals surface area (Å²) in [4.78, 5) is 35.2. The van der Waals surface area contributed by atoms with E-state index in [1.54, 1.807) is 0 Å². The molecule has 3 heterocycles. The number of nitrogens with zero attached hydrogens (tertiary/aromatic N) is 3. The number of hydrogen-bond donors (Lipinski definition) is 1. The van der Waals surface area contributed by atoms with Crippen LogP contribution in [0, 0.1) is 5.82 Å². The molecule has 0 saturated heterocycles. The molecule has 6 nitrogen and oxygen atoms in total. The Kier molecular flexibility index (Phi) is 5.16. The number of amides is 1. The fourth-order valence-corrected chi connectivity index (χ4v) is 4.66. The van der Waals surface area contributed by atoms with Crippen molar-refractivity contribution < 1.29 is 9.18 Å². The first-order chi connectivity index (χ1) is 15.5. The number of nitrogens with one attached hydrogen (secondary N) is 1. The second-order valence-corrected chi connectivity index (χ2v) is 8.45. The van der Waals surface area contributed by atoms with Gasteiger partial charge in [0.1, 0.15) is 21.9 Å². The zero-order valence-corrected chi connectivity index (χ0v) is 18.0. The standard InChI is InChI=1S/C23H14ClFN4O2S/c24-16-10-14(25)6-8-18(16)27-19(30)11-29-12-26-20-15-7-9-17(13-4-2-1-3-5-13)28-22(15)32-21(20)23(29)31/h1-10,12H,11H2,(H,27,30). The quantitative estimate of drug-likeness (QED) is 0.401. The highest BCUT2D eigenvalue weighted by Crippen LogP contribution is 2.31. The van der Waals surface area contributed by atoms with Crippen LogP contribution < -0.4 is 10.9 Å². The Hall–Kier alpha value is -3.62. The van der Waals surface area contributed by atoms with Gasteiger partial charge in [-0.25, -0.2) is 14.4 Å². The maximum atomic E-state index is 13.2. The van der Waals surface area contributed by atoms with E-state index in [0.29, 0.717) is 15.0 Å². The number of anilines is 1. The summed E-state index contributed by atoms with van der Waals surface area (Å²) in [7, 11) is 0. The Morgan fingerprint density at radius 1 is 1.12 bits per heavy atom. The van der Waals surface area contributed by atoms with Gasteiger partial charge in [0.2, 0.25) is 5.91 Å². The van der Waals surface area contributed by atoms with Crippen LogP contribution in [0.15, 0.2) is 71.8 Å². The second kappa shape index (κ2) is 8.14. The molecule has 0 aliphatic rings. The molecule has 1 amide bonds. The number of pyridine rings is 1. The van der Waals surface area contributed by atoms with E-state index in [-0.39, 0.29) is 22.8 Å². The summed E-state index contributed by atoms with van der Waals surface area (Å²) in [6.07, 6.45) is 1.34. The van der Waals surface area contributed by atoms with E-state index in [4.69, 9.17) is 16.6 Å². The van der Waals surface area contributed by atoms with E-state index in [1.807, 2.05) is 42.5 Å². The van der Waals surface area contributed by atoms with Gasteiger partial charge in [0, 0.05) is 10.9 Å². The lowest BCUT2D eigenvalue weighted by atomic mass is 10.1. The highest BCUT2D eigenvalue weighted by atomic mass is 35.5. The SMILES string of the molecule is O=C(Cn1cnc2c(sc3nc(-c4ccccc4)ccc32)c1=O)Nc1ccc(F)cc1Cl.